The topological polar surface area (TPSA) is 65.7 Å². The standard InChI is InChI=1S/C21H18O5/c1-3-25-15-8-6-7-14(13-15)11-12-17(22)19-20(24-2)16-9-4-5-10-18(16)26-21(19)23/h4-13H,3H2,1-2H3. The summed E-state index contributed by atoms with van der Waals surface area (Å²) < 4.78 is 16.0. The molecule has 1 heterocycles. The second-order valence-corrected chi connectivity index (χ2v) is 5.50. The Morgan fingerprint density at radius 2 is 1.96 bits per heavy atom. The first-order chi connectivity index (χ1) is 12.6. The molecule has 0 saturated heterocycles. The molecule has 0 aliphatic rings. The van der Waals surface area contributed by atoms with Gasteiger partial charge in [0.25, 0.3) is 0 Å². The quantitative estimate of drug-likeness (QED) is 0.380. The molecule has 0 saturated carbocycles. The number of carbonyl (C=O) groups excluding carboxylic acids is 1. The van der Waals surface area contributed by atoms with Gasteiger partial charge in [0.15, 0.2) is 5.78 Å². The van der Waals surface area contributed by atoms with Crippen molar-refractivity contribution in [1.82, 2.24) is 0 Å². The molecule has 0 unspecified atom stereocenters. The first kappa shape index (κ1) is 17.5. The first-order valence-corrected chi connectivity index (χ1v) is 8.19. The SMILES string of the molecule is CCOc1cccc(C=CC(=O)c2c(OC)c3ccccc3oc2=O)c1. The van der Waals surface area contributed by atoms with Crippen LogP contribution in [-0.2, 0) is 0 Å². The number of hydrogen-bond acceptors (Lipinski definition) is 5. The molecule has 26 heavy (non-hydrogen) atoms. The highest BCUT2D eigenvalue weighted by Crippen LogP contribution is 2.27. The van der Waals surface area contributed by atoms with Gasteiger partial charge in [-0.1, -0.05) is 30.3 Å². The van der Waals surface area contributed by atoms with E-state index in [1.54, 1.807) is 30.3 Å². The summed E-state index contributed by atoms with van der Waals surface area (Å²) in [5.41, 5.74) is 0.314. The van der Waals surface area contributed by atoms with E-state index >= 15 is 0 Å². The van der Waals surface area contributed by atoms with Crippen LogP contribution < -0.4 is 15.1 Å². The Kier molecular flexibility index (Phi) is 5.17. The fourth-order valence-corrected chi connectivity index (χ4v) is 2.68. The third-order valence-corrected chi connectivity index (χ3v) is 3.81. The number of ether oxygens (including phenoxy) is 2. The maximum Gasteiger partial charge on any atom is 0.351 e. The molecule has 0 aliphatic heterocycles. The number of hydrogen-bond donors (Lipinski definition) is 0. The highest BCUT2D eigenvalue weighted by Gasteiger charge is 2.20. The van der Waals surface area contributed by atoms with Gasteiger partial charge in [-0.05, 0) is 42.8 Å². The minimum Gasteiger partial charge on any atom is -0.495 e. The molecule has 132 valence electrons. The molecule has 1 aromatic heterocycles. The second kappa shape index (κ2) is 7.70. The van der Waals surface area contributed by atoms with Crippen LogP contribution in [0.25, 0.3) is 17.0 Å². The molecule has 3 aromatic rings. The van der Waals surface area contributed by atoms with Crippen LogP contribution >= 0.6 is 0 Å². The van der Waals surface area contributed by atoms with Gasteiger partial charge in [-0.2, -0.15) is 0 Å². The summed E-state index contributed by atoms with van der Waals surface area (Å²) in [5, 5.41) is 0.574. The van der Waals surface area contributed by atoms with Gasteiger partial charge in [0.2, 0.25) is 0 Å². The Hall–Kier alpha value is -3.34. The molecule has 0 N–H and O–H groups in total. The zero-order valence-electron chi connectivity index (χ0n) is 14.5. The highest BCUT2D eigenvalue weighted by molar-refractivity contribution is 6.10. The molecular weight excluding hydrogens is 332 g/mol. The lowest BCUT2D eigenvalue weighted by molar-refractivity contribution is 0.104. The van der Waals surface area contributed by atoms with Gasteiger partial charge in [0, 0.05) is 0 Å². The van der Waals surface area contributed by atoms with Crippen LogP contribution in [0, 0.1) is 0 Å². The van der Waals surface area contributed by atoms with Gasteiger partial charge in [-0.25, -0.2) is 4.79 Å². The molecule has 0 atom stereocenters. The molecule has 0 spiro atoms. The van der Waals surface area contributed by atoms with Crippen LogP contribution in [0.2, 0.25) is 0 Å². The molecule has 0 radical (unpaired) electrons. The molecule has 0 fully saturated rings. The van der Waals surface area contributed by atoms with E-state index in [1.807, 2.05) is 31.2 Å². The first-order valence-electron chi connectivity index (χ1n) is 8.19. The molecule has 0 bridgehead atoms. The third kappa shape index (κ3) is 3.52. The minimum absolute atomic E-state index is 0.122. The van der Waals surface area contributed by atoms with Gasteiger partial charge in [-0.15, -0.1) is 0 Å². The molecule has 0 aliphatic carbocycles. The lowest BCUT2D eigenvalue weighted by atomic mass is 10.1. The number of methoxy groups -OCH3 is 1. The van der Waals surface area contributed by atoms with E-state index in [0.29, 0.717) is 23.3 Å². The predicted molar refractivity (Wildman–Crippen MR) is 100 cm³/mol. The fraction of sp³-hybridized carbons (Fsp3) is 0.143. The minimum atomic E-state index is -0.724. The average Bonchev–Trinajstić information content (AvgIpc) is 2.65. The Balaban J connectivity index is 1.99. The van der Waals surface area contributed by atoms with Crippen molar-refractivity contribution in [3.05, 3.63) is 76.2 Å². The van der Waals surface area contributed by atoms with Gasteiger partial charge in [-0.3, -0.25) is 4.79 Å². The van der Waals surface area contributed by atoms with E-state index in [2.05, 4.69) is 0 Å². The summed E-state index contributed by atoms with van der Waals surface area (Å²) >= 11 is 0. The maximum absolute atomic E-state index is 12.6. The molecule has 5 heteroatoms. The normalized spacial score (nSPS) is 11.0. The van der Waals surface area contributed by atoms with Crippen molar-refractivity contribution in [1.29, 1.82) is 0 Å². The number of carbonyl (C=O) groups is 1. The van der Waals surface area contributed by atoms with Crippen molar-refractivity contribution >= 4 is 22.8 Å². The van der Waals surface area contributed by atoms with E-state index in [0.717, 1.165) is 5.56 Å². The van der Waals surface area contributed by atoms with Crippen molar-refractivity contribution in [3.8, 4) is 11.5 Å². The zero-order chi connectivity index (χ0) is 18.5. The van der Waals surface area contributed by atoms with Gasteiger partial charge >= 0.3 is 5.63 Å². The van der Waals surface area contributed by atoms with Crippen molar-refractivity contribution in [2.24, 2.45) is 0 Å². The van der Waals surface area contributed by atoms with Crippen LogP contribution in [0.5, 0.6) is 11.5 Å². The van der Waals surface area contributed by atoms with Gasteiger partial charge < -0.3 is 13.9 Å². The van der Waals surface area contributed by atoms with E-state index < -0.39 is 11.4 Å². The average molecular weight is 350 g/mol. The van der Waals surface area contributed by atoms with Gasteiger partial charge in [0.1, 0.15) is 22.6 Å². The summed E-state index contributed by atoms with van der Waals surface area (Å²) in [6, 6.07) is 14.3. The van der Waals surface area contributed by atoms with Gasteiger partial charge in [0.05, 0.1) is 19.1 Å². The lowest BCUT2D eigenvalue weighted by Gasteiger charge is -2.08. The number of allylic oxidation sites excluding steroid dienone is 1. The van der Waals surface area contributed by atoms with E-state index in [9.17, 15) is 9.59 Å². The van der Waals surface area contributed by atoms with E-state index in [4.69, 9.17) is 13.9 Å². The molecular formula is C21H18O5. The third-order valence-electron chi connectivity index (χ3n) is 3.81. The van der Waals surface area contributed by atoms with Crippen molar-refractivity contribution in [2.75, 3.05) is 13.7 Å². The molecule has 5 nitrogen and oxygen atoms in total. The summed E-state index contributed by atoms with van der Waals surface area (Å²) in [5.74, 6) is 0.447. The Morgan fingerprint density at radius 1 is 1.15 bits per heavy atom. The zero-order valence-corrected chi connectivity index (χ0v) is 14.5. The molecule has 2 aromatic carbocycles. The van der Waals surface area contributed by atoms with Crippen LogP contribution in [0.4, 0.5) is 0 Å². The lowest BCUT2D eigenvalue weighted by Crippen LogP contribution is -2.14. The van der Waals surface area contributed by atoms with Crippen LogP contribution in [0.3, 0.4) is 0 Å². The second-order valence-electron chi connectivity index (χ2n) is 5.50. The summed E-state index contributed by atoms with van der Waals surface area (Å²) in [4.78, 5) is 24.9. The Bertz CT molecular complexity index is 1030. The largest absolute Gasteiger partial charge is 0.495 e. The highest BCUT2D eigenvalue weighted by atomic mass is 16.5. The van der Waals surface area contributed by atoms with E-state index in [1.165, 1.54) is 13.2 Å². The Morgan fingerprint density at radius 3 is 2.73 bits per heavy atom. The maximum atomic E-state index is 12.6. The summed E-state index contributed by atoms with van der Waals surface area (Å²) in [7, 11) is 1.42. The Labute approximate surface area is 150 Å². The number of ketones is 1. The van der Waals surface area contributed by atoms with Crippen LogP contribution in [-0.4, -0.2) is 19.5 Å². The molecule has 0 amide bonds. The summed E-state index contributed by atoms with van der Waals surface area (Å²) in [6.07, 6.45) is 2.95. The van der Waals surface area contributed by atoms with Crippen molar-refractivity contribution in [3.63, 3.8) is 0 Å². The number of rotatable bonds is 6. The number of para-hydroxylation sites is 1. The summed E-state index contributed by atoms with van der Waals surface area (Å²) in [6.45, 7) is 2.46. The fourth-order valence-electron chi connectivity index (χ4n) is 2.68. The van der Waals surface area contributed by atoms with Crippen LogP contribution in [0.1, 0.15) is 22.8 Å². The van der Waals surface area contributed by atoms with Crippen LogP contribution in [0.15, 0.2) is 63.8 Å². The van der Waals surface area contributed by atoms with E-state index in [-0.39, 0.29) is 11.3 Å². The predicted octanol–water partition coefficient (Wildman–Crippen LogP) is 4.10. The number of benzene rings is 2. The van der Waals surface area contributed by atoms with Crippen molar-refractivity contribution in [2.45, 2.75) is 6.92 Å². The smallest absolute Gasteiger partial charge is 0.351 e. The van der Waals surface area contributed by atoms with Crippen molar-refractivity contribution < 1.29 is 18.7 Å². The molecule has 3 rings (SSSR count). The monoisotopic (exact) mass is 350 g/mol. The number of fused-ring (bicyclic) bond motifs is 1.